The number of aliphatic hydroxyl groups is 2. The summed E-state index contributed by atoms with van der Waals surface area (Å²) in [6.07, 6.45) is -0.411. The summed E-state index contributed by atoms with van der Waals surface area (Å²) in [6, 6.07) is 0. The Kier molecular flexibility index (Phi) is 14.9. The van der Waals surface area contributed by atoms with Gasteiger partial charge < -0.3 is 19.7 Å². The number of rotatable bonds is 17. The van der Waals surface area contributed by atoms with Gasteiger partial charge in [-0.3, -0.25) is 9.59 Å². The minimum Gasteiger partial charge on any atom is -0.463 e. The average molecular weight is 592 g/mol. The number of aromatic nitrogens is 3. The van der Waals surface area contributed by atoms with Gasteiger partial charge in [-0.2, -0.15) is 0 Å². The van der Waals surface area contributed by atoms with Crippen LogP contribution in [0.5, 0.6) is 0 Å². The zero-order valence-electron chi connectivity index (χ0n) is 23.3. The van der Waals surface area contributed by atoms with Gasteiger partial charge in [-0.15, -0.1) is 6.58 Å². The van der Waals surface area contributed by atoms with E-state index in [9.17, 15) is 34.2 Å². The highest BCUT2D eigenvalue weighted by Gasteiger charge is 2.21. The summed E-state index contributed by atoms with van der Waals surface area (Å²) < 4.78 is 12.5. The topological polar surface area (TPSA) is 159 Å². The lowest BCUT2D eigenvalue weighted by Gasteiger charge is -2.19. The number of allylic oxidation sites excluding steroid dienone is 1. The quantitative estimate of drug-likeness (QED) is 0.116. The summed E-state index contributed by atoms with van der Waals surface area (Å²) in [5, 5.41) is 20.6. The minimum absolute atomic E-state index is 0.0571. The van der Waals surface area contributed by atoms with Crippen molar-refractivity contribution in [2.24, 2.45) is 5.92 Å². The van der Waals surface area contributed by atoms with Crippen molar-refractivity contribution in [1.82, 2.24) is 13.7 Å². The standard InChI is InChI=1S/C25H41N3O9S2/c1-7-10-26-22(33)27(14-18(29)13-17(2)3)24(35)28(23(26)34)15-19(30)16-36-20(31)8-11-38-39-12-9-21(32)37-25(4,5)6/h7,17-19,29-30H,1,8-16H2,2-6H3. The molecule has 1 heterocycles. The van der Waals surface area contributed by atoms with E-state index in [2.05, 4.69) is 6.58 Å². The lowest BCUT2D eigenvalue weighted by Crippen LogP contribution is -2.56. The third-order valence-corrected chi connectivity index (χ3v) is 7.35. The Morgan fingerprint density at radius 3 is 1.87 bits per heavy atom. The fourth-order valence-electron chi connectivity index (χ4n) is 3.39. The first kappa shape index (κ1) is 34.7. The van der Waals surface area contributed by atoms with E-state index in [1.165, 1.54) is 27.7 Å². The normalized spacial score (nSPS) is 13.2. The molecule has 0 fully saturated rings. The Hall–Kier alpha value is -2.29. The molecule has 0 saturated carbocycles. The molecular formula is C25H41N3O9S2. The highest BCUT2D eigenvalue weighted by molar-refractivity contribution is 8.76. The van der Waals surface area contributed by atoms with Crippen LogP contribution >= 0.6 is 21.6 Å². The van der Waals surface area contributed by atoms with Crippen LogP contribution < -0.4 is 17.1 Å². The molecule has 1 rings (SSSR count). The van der Waals surface area contributed by atoms with Gasteiger partial charge in [0.25, 0.3) is 0 Å². The Labute approximate surface area is 235 Å². The molecule has 0 saturated heterocycles. The van der Waals surface area contributed by atoms with Gasteiger partial charge in [0, 0.05) is 11.5 Å². The Morgan fingerprint density at radius 2 is 1.38 bits per heavy atom. The molecule has 1 aromatic rings. The number of nitrogens with zero attached hydrogens (tertiary/aromatic N) is 3. The van der Waals surface area contributed by atoms with Crippen LogP contribution in [-0.2, 0) is 38.7 Å². The zero-order chi connectivity index (χ0) is 29.8. The first-order chi connectivity index (χ1) is 18.2. The summed E-state index contributed by atoms with van der Waals surface area (Å²) in [7, 11) is 2.82. The van der Waals surface area contributed by atoms with Gasteiger partial charge in [0.05, 0.1) is 38.6 Å². The summed E-state index contributed by atoms with van der Waals surface area (Å²) in [4.78, 5) is 62.1. The van der Waals surface area contributed by atoms with Crippen LogP contribution in [0.25, 0.3) is 0 Å². The maximum atomic E-state index is 12.9. The smallest absolute Gasteiger partial charge is 0.336 e. The zero-order valence-corrected chi connectivity index (χ0v) is 24.9. The Balaban J connectivity index is 2.67. The van der Waals surface area contributed by atoms with Crippen molar-refractivity contribution in [2.75, 3.05) is 18.1 Å². The predicted molar refractivity (Wildman–Crippen MR) is 152 cm³/mol. The third kappa shape index (κ3) is 13.1. The first-order valence-corrected chi connectivity index (χ1v) is 15.2. The molecule has 2 atom stereocenters. The molecule has 0 spiro atoms. The van der Waals surface area contributed by atoms with Crippen LogP contribution in [-0.4, -0.2) is 71.8 Å². The lowest BCUT2D eigenvalue weighted by molar-refractivity contribution is -0.154. The van der Waals surface area contributed by atoms with Crippen LogP contribution in [0.1, 0.15) is 53.9 Å². The molecule has 0 amide bonds. The molecule has 222 valence electrons. The van der Waals surface area contributed by atoms with Gasteiger partial charge in [-0.05, 0) is 33.1 Å². The highest BCUT2D eigenvalue weighted by Crippen LogP contribution is 2.23. The van der Waals surface area contributed by atoms with E-state index < -0.39 is 54.0 Å². The number of ether oxygens (including phenoxy) is 2. The van der Waals surface area contributed by atoms with Gasteiger partial charge in [-0.25, -0.2) is 28.1 Å². The van der Waals surface area contributed by atoms with E-state index in [-0.39, 0.29) is 37.8 Å². The van der Waals surface area contributed by atoms with Crippen LogP contribution in [0.3, 0.4) is 0 Å². The molecule has 0 radical (unpaired) electrons. The lowest BCUT2D eigenvalue weighted by atomic mass is 10.1. The van der Waals surface area contributed by atoms with Gasteiger partial charge in [0.2, 0.25) is 0 Å². The average Bonchev–Trinajstić information content (AvgIpc) is 2.81. The van der Waals surface area contributed by atoms with Crippen molar-refractivity contribution in [3.63, 3.8) is 0 Å². The van der Waals surface area contributed by atoms with E-state index in [1.54, 1.807) is 20.8 Å². The van der Waals surface area contributed by atoms with E-state index in [4.69, 9.17) is 9.47 Å². The number of carbonyl (C=O) groups excluding carboxylic acids is 2. The van der Waals surface area contributed by atoms with Crippen molar-refractivity contribution < 1.29 is 29.3 Å². The van der Waals surface area contributed by atoms with Crippen molar-refractivity contribution in [2.45, 2.75) is 91.3 Å². The highest BCUT2D eigenvalue weighted by atomic mass is 33.1. The minimum atomic E-state index is -1.39. The number of hydrogen-bond acceptors (Lipinski definition) is 11. The van der Waals surface area contributed by atoms with Crippen LogP contribution in [0.2, 0.25) is 0 Å². The van der Waals surface area contributed by atoms with E-state index in [0.29, 0.717) is 22.5 Å². The molecule has 2 unspecified atom stereocenters. The molecule has 39 heavy (non-hydrogen) atoms. The van der Waals surface area contributed by atoms with Crippen LogP contribution in [0.15, 0.2) is 27.0 Å². The van der Waals surface area contributed by atoms with E-state index >= 15 is 0 Å². The molecule has 12 nitrogen and oxygen atoms in total. The molecule has 0 aromatic carbocycles. The maximum absolute atomic E-state index is 12.9. The molecule has 0 aliphatic carbocycles. The van der Waals surface area contributed by atoms with Crippen molar-refractivity contribution in [3.8, 4) is 0 Å². The van der Waals surface area contributed by atoms with Crippen molar-refractivity contribution in [3.05, 3.63) is 44.1 Å². The summed E-state index contributed by atoms with van der Waals surface area (Å²) in [6.45, 7) is 11.2. The van der Waals surface area contributed by atoms with Crippen LogP contribution in [0, 0.1) is 5.92 Å². The second kappa shape index (κ2) is 16.7. The van der Waals surface area contributed by atoms with Gasteiger partial charge in [0.15, 0.2) is 0 Å². The van der Waals surface area contributed by atoms with E-state index in [0.717, 1.165) is 9.13 Å². The fraction of sp³-hybridized carbons (Fsp3) is 0.720. The molecule has 0 bridgehead atoms. The second-order valence-electron chi connectivity index (χ2n) is 10.3. The molecular weight excluding hydrogens is 550 g/mol. The summed E-state index contributed by atoms with van der Waals surface area (Å²) in [5.41, 5.74) is -3.33. The van der Waals surface area contributed by atoms with Crippen molar-refractivity contribution >= 4 is 33.5 Å². The molecule has 0 aliphatic rings. The molecule has 0 aliphatic heterocycles. The molecule has 2 N–H and O–H groups in total. The van der Waals surface area contributed by atoms with Gasteiger partial charge in [-0.1, -0.05) is 41.5 Å². The molecule has 1 aromatic heterocycles. The Bertz CT molecular complexity index is 1140. The summed E-state index contributed by atoms with van der Waals surface area (Å²) in [5.74, 6) is 0.197. The van der Waals surface area contributed by atoms with Gasteiger partial charge in [0.1, 0.15) is 18.3 Å². The number of carbonyl (C=O) groups is 2. The predicted octanol–water partition coefficient (Wildman–Crippen LogP) is 1.17. The monoisotopic (exact) mass is 591 g/mol. The van der Waals surface area contributed by atoms with Crippen LogP contribution in [0.4, 0.5) is 0 Å². The van der Waals surface area contributed by atoms with E-state index in [1.807, 2.05) is 13.8 Å². The number of esters is 2. The largest absolute Gasteiger partial charge is 0.463 e. The number of hydrogen-bond donors (Lipinski definition) is 2. The Morgan fingerprint density at radius 1 is 0.897 bits per heavy atom. The van der Waals surface area contributed by atoms with Crippen molar-refractivity contribution in [1.29, 1.82) is 0 Å². The third-order valence-electron chi connectivity index (χ3n) is 4.95. The maximum Gasteiger partial charge on any atom is 0.336 e. The summed E-state index contributed by atoms with van der Waals surface area (Å²) >= 11 is 0. The van der Waals surface area contributed by atoms with Gasteiger partial charge >= 0.3 is 29.0 Å². The second-order valence-corrected chi connectivity index (χ2v) is 13.0. The molecule has 14 heteroatoms. The number of aliphatic hydroxyl groups excluding tert-OH is 2. The first-order valence-electron chi connectivity index (χ1n) is 12.7. The fourth-order valence-corrected chi connectivity index (χ4v) is 5.34. The SMILES string of the molecule is C=CCn1c(=O)n(CC(O)COC(=O)CCSSCCC(=O)OC(C)(C)C)c(=O)n(CC(O)CC(C)C)c1=O.